The smallest absolute Gasteiger partial charge is 0.356 e. The maximum Gasteiger partial charge on any atom is 0.356 e. The summed E-state index contributed by atoms with van der Waals surface area (Å²) in [4.78, 5) is 28.2. The molecule has 0 saturated heterocycles. The minimum absolute atomic E-state index is 0.141. The van der Waals surface area contributed by atoms with Crippen LogP contribution >= 0.6 is 0 Å². The Labute approximate surface area is 157 Å². The number of ether oxygens (including phenoxy) is 2. The van der Waals surface area contributed by atoms with E-state index in [1.807, 2.05) is 6.92 Å². The first-order chi connectivity index (χ1) is 12.6. The highest BCUT2D eigenvalue weighted by Crippen LogP contribution is 2.09. The van der Waals surface area contributed by atoms with E-state index in [1.54, 1.807) is 18.2 Å². The van der Waals surface area contributed by atoms with Crippen molar-refractivity contribution in [3.63, 3.8) is 0 Å². The van der Waals surface area contributed by atoms with Gasteiger partial charge >= 0.3 is 11.9 Å². The molecule has 1 unspecified atom stereocenters. The van der Waals surface area contributed by atoms with E-state index in [2.05, 4.69) is 18.8 Å². The second-order valence-corrected chi connectivity index (χ2v) is 6.80. The quantitative estimate of drug-likeness (QED) is 0.356. The summed E-state index contributed by atoms with van der Waals surface area (Å²) in [7, 11) is 0. The number of hydrogen-bond acceptors (Lipinski definition) is 5. The minimum Gasteiger partial charge on any atom is -0.461 e. The third kappa shape index (κ3) is 8.97. The molecule has 0 aliphatic carbocycles. The average Bonchev–Trinajstić information content (AvgIpc) is 2.65. The predicted molar refractivity (Wildman–Crippen MR) is 102 cm³/mol. The molecule has 26 heavy (non-hydrogen) atoms. The molecule has 5 nitrogen and oxygen atoms in total. The van der Waals surface area contributed by atoms with Gasteiger partial charge in [0.05, 0.1) is 13.2 Å². The number of pyridine rings is 1. The summed E-state index contributed by atoms with van der Waals surface area (Å²) in [6.45, 7) is 7.07. The fourth-order valence-corrected chi connectivity index (χ4v) is 2.65. The van der Waals surface area contributed by atoms with E-state index in [4.69, 9.17) is 9.47 Å². The van der Waals surface area contributed by atoms with Crippen molar-refractivity contribution in [1.82, 2.24) is 4.98 Å². The zero-order chi connectivity index (χ0) is 19.2. The third-order valence-corrected chi connectivity index (χ3v) is 4.18. The molecule has 0 radical (unpaired) electrons. The summed E-state index contributed by atoms with van der Waals surface area (Å²) in [6.07, 6.45) is 8.84. The fraction of sp³-hybridized carbons (Fsp3) is 0.667. The molecule has 0 fully saturated rings. The Balaban J connectivity index is 2.40. The number of esters is 2. The number of carbonyl (C=O) groups excluding carboxylic acids is 2. The Morgan fingerprint density at radius 2 is 1.54 bits per heavy atom. The summed E-state index contributed by atoms with van der Waals surface area (Å²) < 4.78 is 10.5. The van der Waals surface area contributed by atoms with Crippen molar-refractivity contribution in [3.05, 3.63) is 29.6 Å². The van der Waals surface area contributed by atoms with E-state index in [0.29, 0.717) is 19.1 Å². The number of unbranched alkanes of at least 4 members (excludes halogenated alkanes) is 5. The Morgan fingerprint density at radius 3 is 2.19 bits per heavy atom. The molecular weight excluding hydrogens is 330 g/mol. The van der Waals surface area contributed by atoms with Gasteiger partial charge in [0, 0.05) is 0 Å². The third-order valence-electron chi connectivity index (χ3n) is 4.18. The topological polar surface area (TPSA) is 65.5 Å². The van der Waals surface area contributed by atoms with Crippen molar-refractivity contribution in [1.29, 1.82) is 0 Å². The van der Waals surface area contributed by atoms with Gasteiger partial charge in [-0.25, -0.2) is 14.6 Å². The predicted octanol–water partition coefficient (Wildman–Crippen LogP) is 5.19. The zero-order valence-corrected chi connectivity index (χ0v) is 16.5. The van der Waals surface area contributed by atoms with E-state index in [9.17, 15) is 9.59 Å². The van der Waals surface area contributed by atoms with Crippen molar-refractivity contribution in [2.75, 3.05) is 13.2 Å². The zero-order valence-electron chi connectivity index (χ0n) is 16.5. The monoisotopic (exact) mass is 363 g/mol. The van der Waals surface area contributed by atoms with Crippen molar-refractivity contribution in [2.24, 2.45) is 5.92 Å². The fourth-order valence-electron chi connectivity index (χ4n) is 2.65. The SMILES string of the molecule is CCCCCCCCOC(=O)c1cccc(C(=O)OCC(C)CCC)n1. The normalized spacial score (nSPS) is 11.8. The lowest BCUT2D eigenvalue weighted by Gasteiger charge is -2.11. The lowest BCUT2D eigenvalue weighted by Crippen LogP contribution is -2.15. The molecule has 0 aliphatic heterocycles. The Kier molecular flexibility index (Phi) is 11.3. The first kappa shape index (κ1) is 22.1. The van der Waals surface area contributed by atoms with Crippen LogP contribution in [0, 0.1) is 5.92 Å². The highest BCUT2D eigenvalue weighted by Gasteiger charge is 2.15. The van der Waals surface area contributed by atoms with E-state index >= 15 is 0 Å². The van der Waals surface area contributed by atoms with Crippen LogP contribution in [0.1, 0.15) is 93.1 Å². The Bertz CT molecular complexity index is 545. The summed E-state index contributed by atoms with van der Waals surface area (Å²) in [6, 6.07) is 4.73. The van der Waals surface area contributed by atoms with Crippen LogP contribution in [-0.2, 0) is 9.47 Å². The minimum atomic E-state index is -0.501. The van der Waals surface area contributed by atoms with E-state index in [1.165, 1.54) is 25.7 Å². The van der Waals surface area contributed by atoms with Crippen LogP contribution in [0.5, 0.6) is 0 Å². The van der Waals surface area contributed by atoms with Crippen molar-refractivity contribution >= 4 is 11.9 Å². The molecule has 1 aromatic heterocycles. The number of nitrogens with zero attached hydrogens (tertiary/aromatic N) is 1. The molecule has 1 heterocycles. The maximum atomic E-state index is 12.1. The van der Waals surface area contributed by atoms with Gasteiger partial charge in [0.1, 0.15) is 11.4 Å². The van der Waals surface area contributed by atoms with Gasteiger partial charge in [-0.3, -0.25) is 0 Å². The highest BCUT2D eigenvalue weighted by atomic mass is 16.5. The summed E-state index contributed by atoms with van der Waals surface area (Å²) in [5, 5.41) is 0. The number of hydrogen-bond donors (Lipinski definition) is 0. The van der Waals surface area contributed by atoms with E-state index in [0.717, 1.165) is 25.7 Å². The average molecular weight is 363 g/mol. The molecule has 1 atom stereocenters. The van der Waals surface area contributed by atoms with Gasteiger partial charge in [-0.2, -0.15) is 0 Å². The highest BCUT2D eigenvalue weighted by molar-refractivity contribution is 5.91. The van der Waals surface area contributed by atoms with Gasteiger partial charge < -0.3 is 9.47 Å². The summed E-state index contributed by atoms with van der Waals surface area (Å²) in [5.74, 6) is -0.680. The van der Waals surface area contributed by atoms with Crippen LogP contribution in [0.15, 0.2) is 18.2 Å². The molecule has 0 bridgehead atoms. The summed E-state index contributed by atoms with van der Waals surface area (Å²) >= 11 is 0. The van der Waals surface area contributed by atoms with Crippen LogP contribution in [0.4, 0.5) is 0 Å². The van der Waals surface area contributed by atoms with Crippen molar-refractivity contribution in [3.8, 4) is 0 Å². The van der Waals surface area contributed by atoms with Gasteiger partial charge in [0.25, 0.3) is 0 Å². The number of aromatic nitrogens is 1. The van der Waals surface area contributed by atoms with Gasteiger partial charge in [0.15, 0.2) is 0 Å². The van der Waals surface area contributed by atoms with Crippen molar-refractivity contribution in [2.45, 2.75) is 72.1 Å². The first-order valence-corrected chi connectivity index (χ1v) is 9.89. The molecule has 0 spiro atoms. The molecule has 0 saturated carbocycles. The molecule has 146 valence electrons. The van der Waals surface area contributed by atoms with Gasteiger partial charge in [-0.05, 0) is 30.9 Å². The first-order valence-electron chi connectivity index (χ1n) is 9.89. The van der Waals surface area contributed by atoms with Crippen LogP contribution < -0.4 is 0 Å². The van der Waals surface area contributed by atoms with E-state index < -0.39 is 11.9 Å². The lowest BCUT2D eigenvalue weighted by molar-refractivity contribution is 0.0435. The van der Waals surface area contributed by atoms with Crippen molar-refractivity contribution < 1.29 is 19.1 Å². The molecule has 0 aliphatic rings. The Hall–Kier alpha value is -1.91. The largest absolute Gasteiger partial charge is 0.461 e. The van der Waals surface area contributed by atoms with Gasteiger partial charge in [-0.1, -0.05) is 65.4 Å². The van der Waals surface area contributed by atoms with Crippen LogP contribution in [0.2, 0.25) is 0 Å². The maximum absolute atomic E-state index is 12.1. The molecule has 0 aromatic carbocycles. The van der Waals surface area contributed by atoms with E-state index in [-0.39, 0.29) is 11.4 Å². The summed E-state index contributed by atoms with van der Waals surface area (Å²) in [5.41, 5.74) is 0.287. The van der Waals surface area contributed by atoms with Crippen LogP contribution in [0.25, 0.3) is 0 Å². The van der Waals surface area contributed by atoms with Crippen LogP contribution in [-0.4, -0.2) is 30.1 Å². The molecule has 1 aromatic rings. The van der Waals surface area contributed by atoms with Crippen LogP contribution in [0.3, 0.4) is 0 Å². The molecule has 1 rings (SSSR count). The van der Waals surface area contributed by atoms with Gasteiger partial charge in [0.2, 0.25) is 0 Å². The standard InChI is InChI=1S/C21H33NO4/c1-4-6-7-8-9-10-15-25-20(23)18-13-11-14-19(22-18)21(24)26-16-17(3)12-5-2/h11,13-14,17H,4-10,12,15-16H2,1-3H3. The second kappa shape index (κ2) is 13.3. The second-order valence-electron chi connectivity index (χ2n) is 6.80. The van der Waals surface area contributed by atoms with Gasteiger partial charge in [-0.15, -0.1) is 0 Å². The molecule has 5 heteroatoms. The number of rotatable bonds is 13. The molecule has 0 N–H and O–H groups in total. The lowest BCUT2D eigenvalue weighted by atomic mass is 10.1. The number of carbonyl (C=O) groups is 2. The molecule has 0 amide bonds. The Morgan fingerprint density at radius 1 is 0.923 bits per heavy atom. The molecular formula is C21H33NO4.